The summed E-state index contributed by atoms with van der Waals surface area (Å²) < 4.78 is 7.53. The van der Waals surface area contributed by atoms with E-state index in [0.29, 0.717) is 17.2 Å². The van der Waals surface area contributed by atoms with Gasteiger partial charge in [0.2, 0.25) is 0 Å². The van der Waals surface area contributed by atoms with Crippen LogP contribution in [0.3, 0.4) is 0 Å². The second-order valence-corrected chi connectivity index (χ2v) is 6.60. The maximum Gasteiger partial charge on any atom is 0.144 e. The number of rotatable bonds is 7. The molecular weight excluding hydrogens is 336 g/mol. The van der Waals surface area contributed by atoms with Crippen molar-refractivity contribution in [1.82, 2.24) is 9.97 Å². The lowest BCUT2D eigenvalue weighted by atomic mass is 9.95. The van der Waals surface area contributed by atoms with Gasteiger partial charge in [-0.2, -0.15) is 0 Å². The summed E-state index contributed by atoms with van der Waals surface area (Å²) in [6.45, 7) is 11.3. The van der Waals surface area contributed by atoms with Crippen LogP contribution in [0.2, 0.25) is 0 Å². The first kappa shape index (κ1) is 17.8. The van der Waals surface area contributed by atoms with Crippen LogP contribution in [-0.2, 0) is 16.8 Å². The lowest BCUT2D eigenvalue weighted by molar-refractivity contribution is -0.0574. The SMILES string of the molecule is CCOC(CC)(CC)c1nc(=S)c(Br)c(CC(C)C)[nH]1. The van der Waals surface area contributed by atoms with Crippen LogP contribution in [0.1, 0.15) is 59.0 Å². The number of H-pyrrole nitrogens is 1. The molecule has 1 aromatic heterocycles. The molecule has 1 N–H and O–H groups in total. The average Bonchev–Trinajstić information content (AvgIpc) is 2.40. The molecule has 0 aliphatic rings. The Kier molecular flexibility index (Phi) is 6.82. The van der Waals surface area contributed by atoms with Gasteiger partial charge < -0.3 is 9.72 Å². The highest BCUT2D eigenvalue weighted by Crippen LogP contribution is 2.32. The molecule has 1 rings (SSSR count). The molecule has 0 spiro atoms. The van der Waals surface area contributed by atoms with Crippen molar-refractivity contribution in [3.05, 3.63) is 20.6 Å². The van der Waals surface area contributed by atoms with Gasteiger partial charge in [0, 0.05) is 12.3 Å². The molecule has 0 bridgehead atoms. The van der Waals surface area contributed by atoms with Gasteiger partial charge in [-0.15, -0.1) is 0 Å². The van der Waals surface area contributed by atoms with Crippen molar-refractivity contribution in [2.45, 2.75) is 59.5 Å². The number of halogens is 1. The molecule has 0 atom stereocenters. The highest BCUT2D eigenvalue weighted by Gasteiger charge is 2.32. The third-order valence-corrected chi connectivity index (χ3v) is 4.95. The first-order valence-electron chi connectivity index (χ1n) is 7.33. The number of aromatic amines is 1. The van der Waals surface area contributed by atoms with Gasteiger partial charge in [0.1, 0.15) is 16.1 Å². The van der Waals surface area contributed by atoms with Crippen molar-refractivity contribution in [1.29, 1.82) is 0 Å². The van der Waals surface area contributed by atoms with Gasteiger partial charge in [-0.05, 0) is 48.0 Å². The van der Waals surface area contributed by atoms with Gasteiger partial charge in [-0.25, -0.2) is 4.98 Å². The number of hydrogen-bond donors (Lipinski definition) is 1. The van der Waals surface area contributed by atoms with Crippen LogP contribution in [-0.4, -0.2) is 16.6 Å². The van der Waals surface area contributed by atoms with Gasteiger partial charge in [0.05, 0.1) is 4.47 Å². The Bertz CT molecular complexity index is 495. The number of nitrogens with one attached hydrogen (secondary N) is 1. The van der Waals surface area contributed by atoms with E-state index in [2.05, 4.69) is 53.6 Å². The second kappa shape index (κ2) is 7.66. The summed E-state index contributed by atoms with van der Waals surface area (Å²) in [6, 6.07) is 0. The molecule has 0 saturated carbocycles. The minimum Gasteiger partial charge on any atom is -0.367 e. The second-order valence-electron chi connectivity index (χ2n) is 5.42. The molecule has 0 aliphatic carbocycles. The molecule has 0 aliphatic heterocycles. The minimum atomic E-state index is -0.366. The fourth-order valence-electron chi connectivity index (χ4n) is 2.40. The lowest BCUT2D eigenvalue weighted by Crippen LogP contribution is -2.31. The Morgan fingerprint density at radius 2 is 1.90 bits per heavy atom. The number of hydrogen-bond acceptors (Lipinski definition) is 3. The summed E-state index contributed by atoms with van der Waals surface area (Å²) in [7, 11) is 0. The fourth-order valence-corrected chi connectivity index (χ4v) is 2.97. The van der Waals surface area contributed by atoms with E-state index in [1.54, 1.807) is 0 Å². The molecule has 1 aromatic rings. The van der Waals surface area contributed by atoms with Crippen molar-refractivity contribution in [3.63, 3.8) is 0 Å². The summed E-state index contributed by atoms with van der Waals surface area (Å²) in [4.78, 5) is 8.02. The first-order chi connectivity index (χ1) is 9.40. The molecule has 3 nitrogen and oxygen atoms in total. The largest absolute Gasteiger partial charge is 0.367 e. The molecule has 0 aromatic carbocycles. The van der Waals surface area contributed by atoms with Crippen LogP contribution >= 0.6 is 28.1 Å². The first-order valence-corrected chi connectivity index (χ1v) is 8.53. The monoisotopic (exact) mass is 360 g/mol. The van der Waals surface area contributed by atoms with E-state index in [-0.39, 0.29) is 5.60 Å². The molecule has 0 saturated heterocycles. The van der Waals surface area contributed by atoms with Gasteiger partial charge in [0.25, 0.3) is 0 Å². The van der Waals surface area contributed by atoms with Gasteiger partial charge in [-0.1, -0.05) is 39.9 Å². The summed E-state index contributed by atoms with van der Waals surface area (Å²) in [5.41, 5.74) is 0.746. The Balaban J connectivity index is 3.36. The Hall–Kier alpha value is -0.260. The highest BCUT2D eigenvalue weighted by molar-refractivity contribution is 9.10. The molecule has 20 heavy (non-hydrogen) atoms. The van der Waals surface area contributed by atoms with Crippen LogP contribution in [0.4, 0.5) is 0 Å². The summed E-state index contributed by atoms with van der Waals surface area (Å²) in [5.74, 6) is 1.41. The molecule has 0 unspecified atom stereocenters. The lowest BCUT2D eigenvalue weighted by Gasteiger charge is -2.31. The predicted molar refractivity (Wildman–Crippen MR) is 89.5 cm³/mol. The van der Waals surface area contributed by atoms with Gasteiger partial charge in [0.15, 0.2) is 0 Å². The number of aromatic nitrogens is 2. The van der Waals surface area contributed by atoms with E-state index in [1.807, 2.05) is 6.92 Å². The smallest absolute Gasteiger partial charge is 0.144 e. The van der Waals surface area contributed by atoms with Crippen LogP contribution < -0.4 is 0 Å². The van der Waals surface area contributed by atoms with Crippen molar-refractivity contribution in [2.24, 2.45) is 5.92 Å². The molecular formula is C15H25BrN2OS. The molecule has 114 valence electrons. The summed E-state index contributed by atoms with van der Waals surface area (Å²) in [5, 5.41) is 0. The number of nitrogens with zero attached hydrogens (tertiary/aromatic N) is 1. The van der Waals surface area contributed by atoms with Crippen LogP contribution in [0.25, 0.3) is 0 Å². The van der Waals surface area contributed by atoms with Crippen molar-refractivity contribution >= 4 is 28.1 Å². The quantitative estimate of drug-likeness (QED) is 0.683. The van der Waals surface area contributed by atoms with Crippen LogP contribution in [0.5, 0.6) is 0 Å². The Morgan fingerprint density at radius 3 is 2.35 bits per heavy atom. The van der Waals surface area contributed by atoms with Crippen LogP contribution in [0.15, 0.2) is 4.47 Å². The standard InChI is InChI=1S/C15H25BrN2OS/c1-6-15(7-2,19-8-3)14-17-11(9-10(4)5)12(16)13(20)18-14/h10H,6-9H2,1-5H3,(H,17,18,20). The zero-order valence-electron chi connectivity index (χ0n) is 13.0. The van der Waals surface area contributed by atoms with E-state index in [9.17, 15) is 0 Å². The third-order valence-electron chi connectivity index (χ3n) is 3.54. The molecule has 0 radical (unpaired) electrons. The van der Waals surface area contributed by atoms with Crippen molar-refractivity contribution in [3.8, 4) is 0 Å². The van der Waals surface area contributed by atoms with Gasteiger partial charge in [-0.3, -0.25) is 0 Å². The maximum absolute atomic E-state index is 6.01. The topological polar surface area (TPSA) is 37.9 Å². The molecule has 0 fully saturated rings. The zero-order valence-corrected chi connectivity index (χ0v) is 15.4. The maximum atomic E-state index is 6.01. The van der Waals surface area contributed by atoms with Crippen molar-refractivity contribution < 1.29 is 4.74 Å². The summed E-state index contributed by atoms with van der Waals surface area (Å²) >= 11 is 8.95. The third kappa shape index (κ3) is 3.89. The highest BCUT2D eigenvalue weighted by atomic mass is 79.9. The minimum absolute atomic E-state index is 0.366. The van der Waals surface area contributed by atoms with E-state index in [4.69, 9.17) is 17.0 Å². The predicted octanol–water partition coefficient (Wildman–Crippen LogP) is 5.15. The van der Waals surface area contributed by atoms with E-state index < -0.39 is 0 Å². The van der Waals surface area contributed by atoms with Crippen molar-refractivity contribution in [2.75, 3.05) is 6.61 Å². The average molecular weight is 361 g/mol. The Morgan fingerprint density at radius 1 is 1.30 bits per heavy atom. The van der Waals surface area contributed by atoms with Crippen LogP contribution in [0, 0.1) is 10.6 Å². The number of ether oxygens (including phenoxy) is 1. The molecule has 0 amide bonds. The Labute approximate surface area is 135 Å². The van der Waals surface area contributed by atoms with Gasteiger partial charge >= 0.3 is 0 Å². The zero-order chi connectivity index (χ0) is 15.3. The molecule has 5 heteroatoms. The fraction of sp³-hybridized carbons (Fsp3) is 0.733. The normalized spacial score (nSPS) is 12.2. The van der Waals surface area contributed by atoms with E-state index in [0.717, 1.165) is 35.3 Å². The van der Waals surface area contributed by atoms with E-state index in [1.165, 1.54) is 0 Å². The molecule has 1 heterocycles. The van der Waals surface area contributed by atoms with E-state index >= 15 is 0 Å². The summed E-state index contributed by atoms with van der Waals surface area (Å²) in [6.07, 6.45) is 2.69.